The molecule has 6 nitrogen and oxygen atoms in total. The molecule has 0 aromatic rings. The summed E-state index contributed by atoms with van der Waals surface area (Å²) in [5.74, 6) is 0.0148. The summed E-state index contributed by atoms with van der Waals surface area (Å²) in [6, 6.07) is -0.199. The molecule has 1 heterocycles. The third-order valence-electron chi connectivity index (χ3n) is 2.88. The number of amides is 1. The van der Waals surface area contributed by atoms with Crippen LogP contribution in [0.25, 0.3) is 0 Å². The highest BCUT2D eigenvalue weighted by Gasteiger charge is 2.18. The molecule has 0 bridgehead atoms. The monoisotopic (exact) mass is 244 g/mol. The van der Waals surface area contributed by atoms with E-state index >= 15 is 0 Å². The maximum absolute atomic E-state index is 11.7. The van der Waals surface area contributed by atoms with E-state index in [0.717, 1.165) is 26.2 Å². The van der Waals surface area contributed by atoms with Crippen LogP contribution in [0.3, 0.4) is 0 Å². The van der Waals surface area contributed by atoms with Crippen molar-refractivity contribution in [2.75, 3.05) is 53.5 Å². The molecule has 0 radical (unpaired) electrons. The lowest BCUT2D eigenvalue weighted by atomic mass is 10.3. The minimum atomic E-state index is -0.199. The Hall–Kier alpha value is -0.690. The third kappa shape index (κ3) is 5.45. The summed E-state index contributed by atoms with van der Waals surface area (Å²) in [6.45, 7) is 6.95. The van der Waals surface area contributed by atoms with Crippen LogP contribution in [0, 0.1) is 0 Å². The Morgan fingerprint density at radius 2 is 2.00 bits per heavy atom. The summed E-state index contributed by atoms with van der Waals surface area (Å²) in [7, 11) is 3.73. The van der Waals surface area contributed by atoms with Crippen LogP contribution in [0.1, 0.15) is 6.92 Å². The number of methoxy groups -OCH3 is 1. The minimum absolute atomic E-state index is 0.0148. The van der Waals surface area contributed by atoms with Crippen molar-refractivity contribution < 1.29 is 9.53 Å². The third-order valence-corrected chi connectivity index (χ3v) is 2.88. The highest BCUT2D eigenvalue weighted by molar-refractivity contribution is 5.81. The van der Waals surface area contributed by atoms with Crippen LogP contribution in [0.2, 0.25) is 0 Å². The van der Waals surface area contributed by atoms with Crippen molar-refractivity contribution in [1.29, 1.82) is 0 Å². The molecule has 17 heavy (non-hydrogen) atoms. The molecule has 2 N–H and O–H groups in total. The average molecular weight is 244 g/mol. The first-order valence-corrected chi connectivity index (χ1v) is 6.10. The number of hydrogen-bond acceptors (Lipinski definition) is 5. The zero-order chi connectivity index (χ0) is 12.7. The summed E-state index contributed by atoms with van der Waals surface area (Å²) in [4.78, 5) is 14.0. The Balaban J connectivity index is 2.19. The fraction of sp³-hybridized carbons (Fsp3) is 0.909. The van der Waals surface area contributed by atoms with Gasteiger partial charge in [-0.2, -0.15) is 0 Å². The van der Waals surface area contributed by atoms with E-state index in [1.807, 2.05) is 6.92 Å². The van der Waals surface area contributed by atoms with Crippen LogP contribution in [0.4, 0.5) is 0 Å². The number of carbonyl (C=O) groups is 1. The van der Waals surface area contributed by atoms with Gasteiger partial charge in [-0.15, -0.1) is 0 Å². The summed E-state index contributed by atoms with van der Waals surface area (Å²) < 4.78 is 4.88. The molecule has 1 fully saturated rings. The Morgan fingerprint density at radius 1 is 1.35 bits per heavy atom. The lowest BCUT2D eigenvalue weighted by Gasteiger charge is -2.34. The molecular formula is C11H24N4O2. The maximum atomic E-state index is 11.7. The van der Waals surface area contributed by atoms with Crippen LogP contribution in [-0.2, 0) is 9.53 Å². The zero-order valence-electron chi connectivity index (χ0n) is 11.0. The van der Waals surface area contributed by atoms with E-state index in [1.54, 1.807) is 7.11 Å². The molecule has 1 aliphatic heterocycles. The normalized spacial score (nSPS) is 20.2. The molecule has 0 spiro atoms. The van der Waals surface area contributed by atoms with E-state index in [0.29, 0.717) is 13.2 Å². The smallest absolute Gasteiger partial charge is 0.238 e. The van der Waals surface area contributed by atoms with E-state index in [4.69, 9.17) is 4.74 Å². The van der Waals surface area contributed by atoms with E-state index < -0.39 is 0 Å². The second-order valence-electron chi connectivity index (χ2n) is 4.42. The molecule has 0 saturated carbocycles. The van der Waals surface area contributed by atoms with E-state index in [-0.39, 0.29) is 11.9 Å². The van der Waals surface area contributed by atoms with Crippen molar-refractivity contribution in [2.24, 2.45) is 0 Å². The van der Waals surface area contributed by atoms with E-state index in [9.17, 15) is 4.79 Å². The van der Waals surface area contributed by atoms with Crippen molar-refractivity contribution >= 4 is 5.91 Å². The highest BCUT2D eigenvalue weighted by atomic mass is 16.5. The Morgan fingerprint density at radius 3 is 2.59 bits per heavy atom. The topological polar surface area (TPSA) is 56.8 Å². The van der Waals surface area contributed by atoms with Crippen LogP contribution in [-0.4, -0.2) is 75.3 Å². The molecule has 1 rings (SSSR count). The standard InChI is InChI=1S/C11H24N4O2/c1-10(11(16)12-4-9-17-3)13-15-7-5-14(2)6-8-15/h10,13H,4-9H2,1-3H3,(H,12,16). The molecule has 0 aromatic carbocycles. The molecule has 0 aliphatic carbocycles. The quantitative estimate of drug-likeness (QED) is 0.580. The Kier molecular flexibility index (Phi) is 6.43. The molecule has 1 aliphatic rings. The van der Waals surface area contributed by atoms with E-state index in [2.05, 4.69) is 27.7 Å². The summed E-state index contributed by atoms with van der Waals surface area (Å²) in [6.07, 6.45) is 0. The van der Waals surface area contributed by atoms with Crippen LogP contribution < -0.4 is 10.7 Å². The van der Waals surface area contributed by atoms with Gasteiger partial charge in [-0.3, -0.25) is 4.79 Å². The van der Waals surface area contributed by atoms with Crippen molar-refractivity contribution in [3.05, 3.63) is 0 Å². The summed E-state index contributed by atoms with van der Waals surface area (Å²) in [5.41, 5.74) is 3.22. The minimum Gasteiger partial charge on any atom is -0.383 e. The number of hydrogen-bond donors (Lipinski definition) is 2. The van der Waals surface area contributed by atoms with Gasteiger partial charge in [0.1, 0.15) is 0 Å². The second-order valence-corrected chi connectivity index (χ2v) is 4.42. The molecule has 1 atom stereocenters. The van der Waals surface area contributed by atoms with Gasteiger partial charge in [0.2, 0.25) is 5.91 Å². The SMILES string of the molecule is COCCNC(=O)C(C)NN1CCN(C)CC1. The van der Waals surface area contributed by atoms with Gasteiger partial charge in [-0.25, -0.2) is 10.4 Å². The molecule has 1 unspecified atom stereocenters. The number of likely N-dealkylation sites (N-methyl/N-ethyl adjacent to an activating group) is 1. The number of carbonyl (C=O) groups excluding carboxylic acids is 1. The van der Waals surface area contributed by atoms with Crippen molar-refractivity contribution in [2.45, 2.75) is 13.0 Å². The molecule has 6 heteroatoms. The fourth-order valence-electron chi connectivity index (χ4n) is 1.70. The van der Waals surface area contributed by atoms with Gasteiger partial charge in [0.25, 0.3) is 0 Å². The van der Waals surface area contributed by atoms with Gasteiger partial charge < -0.3 is 15.0 Å². The van der Waals surface area contributed by atoms with Crippen LogP contribution in [0.15, 0.2) is 0 Å². The van der Waals surface area contributed by atoms with Crippen molar-refractivity contribution in [3.8, 4) is 0 Å². The van der Waals surface area contributed by atoms with Gasteiger partial charge >= 0.3 is 0 Å². The average Bonchev–Trinajstić information content (AvgIpc) is 2.32. The Labute approximate surface area is 103 Å². The largest absolute Gasteiger partial charge is 0.383 e. The summed E-state index contributed by atoms with van der Waals surface area (Å²) >= 11 is 0. The molecule has 0 aromatic heterocycles. The number of nitrogens with one attached hydrogen (secondary N) is 2. The van der Waals surface area contributed by atoms with Crippen molar-refractivity contribution in [3.63, 3.8) is 0 Å². The maximum Gasteiger partial charge on any atom is 0.238 e. The molecule has 1 amide bonds. The van der Waals surface area contributed by atoms with Gasteiger partial charge in [0.15, 0.2) is 0 Å². The first-order chi connectivity index (χ1) is 8.13. The predicted molar refractivity (Wildman–Crippen MR) is 66.6 cm³/mol. The predicted octanol–water partition coefficient (Wildman–Crippen LogP) is -1.11. The van der Waals surface area contributed by atoms with Crippen LogP contribution in [0.5, 0.6) is 0 Å². The lowest BCUT2D eigenvalue weighted by Crippen LogP contribution is -2.56. The molecular weight excluding hydrogens is 220 g/mol. The van der Waals surface area contributed by atoms with Crippen molar-refractivity contribution in [1.82, 2.24) is 20.7 Å². The number of hydrazine groups is 1. The zero-order valence-corrected chi connectivity index (χ0v) is 11.0. The lowest BCUT2D eigenvalue weighted by molar-refractivity contribution is -0.124. The van der Waals surface area contributed by atoms with Gasteiger partial charge in [0, 0.05) is 39.8 Å². The van der Waals surface area contributed by atoms with Gasteiger partial charge in [-0.05, 0) is 14.0 Å². The number of rotatable bonds is 6. The number of ether oxygens (including phenoxy) is 1. The Bertz CT molecular complexity index is 230. The highest BCUT2D eigenvalue weighted by Crippen LogP contribution is 1.96. The van der Waals surface area contributed by atoms with Gasteiger partial charge in [0.05, 0.1) is 12.6 Å². The second kappa shape index (κ2) is 7.60. The first kappa shape index (κ1) is 14.4. The molecule has 100 valence electrons. The van der Waals surface area contributed by atoms with Gasteiger partial charge in [-0.1, -0.05) is 0 Å². The first-order valence-electron chi connectivity index (χ1n) is 6.10. The molecule has 1 saturated heterocycles. The van der Waals surface area contributed by atoms with Crippen LogP contribution >= 0.6 is 0 Å². The number of piperazine rings is 1. The fourth-order valence-corrected chi connectivity index (χ4v) is 1.70. The van der Waals surface area contributed by atoms with E-state index in [1.165, 1.54) is 0 Å². The number of nitrogens with zero attached hydrogens (tertiary/aromatic N) is 2. The summed E-state index contributed by atoms with van der Waals surface area (Å²) in [5, 5.41) is 4.93.